The van der Waals surface area contributed by atoms with Crippen LogP contribution in [0.5, 0.6) is 0 Å². The molecule has 136 valence electrons. The van der Waals surface area contributed by atoms with Gasteiger partial charge in [-0.1, -0.05) is 18.2 Å². The van der Waals surface area contributed by atoms with Crippen LogP contribution in [0.1, 0.15) is 12.1 Å². The van der Waals surface area contributed by atoms with Crippen LogP contribution in [0, 0.1) is 5.92 Å². The van der Waals surface area contributed by atoms with E-state index in [9.17, 15) is 0 Å². The van der Waals surface area contributed by atoms with Crippen molar-refractivity contribution in [3.05, 3.63) is 53.8 Å². The molecule has 0 aliphatic carbocycles. The lowest BCUT2D eigenvalue weighted by Crippen LogP contribution is -2.39. The van der Waals surface area contributed by atoms with Gasteiger partial charge in [-0.25, -0.2) is 4.98 Å². The van der Waals surface area contributed by atoms with Crippen molar-refractivity contribution in [2.45, 2.75) is 17.9 Å². The number of aromatic nitrogens is 2. The summed E-state index contributed by atoms with van der Waals surface area (Å²) in [5.74, 6) is 2.85. The van der Waals surface area contributed by atoms with Gasteiger partial charge < -0.3 is 10.2 Å². The molecule has 0 spiro atoms. The maximum atomic E-state index is 4.63. The van der Waals surface area contributed by atoms with Crippen LogP contribution in [-0.2, 0) is 6.54 Å². The van der Waals surface area contributed by atoms with E-state index in [1.54, 1.807) is 11.3 Å². The Morgan fingerprint density at radius 3 is 3.08 bits per heavy atom. The number of aliphatic imine (C=N–C) groups is 1. The van der Waals surface area contributed by atoms with Crippen LogP contribution in [0.2, 0.25) is 0 Å². The van der Waals surface area contributed by atoms with Gasteiger partial charge in [-0.3, -0.25) is 9.39 Å². The van der Waals surface area contributed by atoms with Crippen molar-refractivity contribution in [2.24, 2.45) is 10.9 Å². The average molecular weight is 386 g/mol. The minimum absolute atomic E-state index is 0.705. The Bertz CT molecular complexity index is 842. The first kappa shape index (κ1) is 17.4. The molecule has 0 radical (unpaired) electrons. The summed E-state index contributed by atoms with van der Waals surface area (Å²) in [4.78, 5) is 13.9. The van der Waals surface area contributed by atoms with E-state index in [0.29, 0.717) is 12.5 Å². The third-order valence-electron chi connectivity index (χ3n) is 4.60. The normalized spacial score (nSPS) is 18.0. The maximum Gasteiger partial charge on any atom is 0.193 e. The van der Waals surface area contributed by atoms with Gasteiger partial charge >= 0.3 is 0 Å². The molecular weight excluding hydrogens is 362 g/mol. The van der Waals surface area contributed by atoms with Crippen LogP contribution in [0.3, 0.4) is 0 Å². The van der Waals surface area contributed by atoms with Gasteiger partial charge in [0.05, 0.1) is 12.2 Å². The fourth-order valence-corrected chi connectivity index (χ4v) is 5.02. The van der Waals surface area contributed by atoms with Crippen LogP contribution in [0.15, 0.2) is 58.0 Å². The molecule has 7 heteroatoms. The van der Waals surface area contributed by atoms with Crippen molar-refractivity contribution in [1.82, 2.24) is 19.6 Å². The van der Waals surface area contributed by atoms with Gasteiger partial charge in [0.2, 0.25) is 0 Å². The molecule has 3 aromatic rings. The Kier molecular flexibility index (Phi) is 5.45. The van der Waals surface area contributed by atoms with Crippen LogP contribution in [0.4, 0.5) is 0 Å². The largest absolute Gasteiger partial charge is 0.351 e. The molecule has 1 aliphatic heterocycles. The predicted octanol–water partition coefficient (Wildman–Crippen LogP) is 3.59. The number of benzene rings is 1. The van der Waals surface area contributed by atoms with E-state index < -0.39 is 0 Å². The summed E-state index contributed by atoms with van der Waals surface area (Å²) in [7, 11) is 1.86. The highest BCUT2D eigenvalue weighted by atomic mass is 32.2. The number of imidazole rings is 1. The molecule has 0 bridgehead atoms. The van der Waals surface area contributed by atoms with Crippen LogP contribution < -0.4 is 5.32 Å². The van der Waals surface area contributed by atoms with E-state index in [1.807, 2.05) is 25.0 Å². The number of nitrogens with zero attached hydrogens (tertiary/aromatic N) is 4. The molecule has 1 atom stereocenters. The third-order valence-corrected chi connectivity index (χ3v) is 6.61. The summed E-state index contributed by atoms with van der Waals surface area (Å²) in [5.41, 5.74) is 1.05. The number of fused-ring (bicyclic) bond motifs is 1. The number of guanidine groups is 1. The number of rotatable bonds is 5. The van der Waals surface area contributed by atoms with Gasteiger partial charge in [0, 0.05) is 48.6 Å². The molecule has 1 aromatic carbocycles. The van der Waals surface area contributed by atoms with E-state index in [4.69, 9.17) is 0 Å². The predicted molar refractivity (Wildman–Crippen MR) is 110 cm³/mol. The van der Waals surface area contributed by atoms with Gasteiger partial charge in [-0.15, -0.1) is 23.1 Å². The summed E-state index contributed by atoms with van der Waals surface area (Å²) in [6, 6.07) is 10.7. The van der Waals surface area contributed by atoms with Gasteiger partial charge in [0.25, 0.3) is 0 Å². The first-order chi connectivity index (χ1) is 12.8. The Labute approximate surface area is 162 Å². The molecule has 1 N–H and O–H groups in total. The second-order valence-electron chi connectivity index (χ2n) is 6.45. The third kappa shape index (κ3) is 4.04. The Balaban J connectivity index is 1.28. The fraction of sp³-hybridized carbons (Fsp3) is 0.368. The highest BCUT2D eigenvalue weighted by molar-refractivity contribution is 7.99. The number of thioether (sulfide) groups is 1. The molecule has 5 nitrogen and oxygen atoms in total. The van der Waals surface area contributed by atoms with Crippen LogP contribution in [-0.4, -0.2) is 46.1 Å². The second-order valence-corrected chi connectivity index (χ2v) is 8.42. The lowest BCUT2D eigenvalue weighted by Gasteiger charge is -2.21. The monoisotopic (exact) mass is 385 g/mol. The molecule has 0 saturated carbocycles. The summed E-state index contributed by atoms with van der Waals surface area (Å²) in [6.07, 6.45) is 5.34. The Hall–Kier alpha value is -1.99. The van der Waals surface area contributed by atoms with Crippen molar-refractivity contribution in [3.8, 4) is 0 Å². The first-order valence-corrected chi connectivity index (χ1v) is 10.7. The lowest BCUT2D eigenvalue weighted by molar-refractivity contribution is 0.474. The van der Waals surface area contributed by atoms with Crippen LogP contribution in [0.25, 0.3) is 4.96 Å². The number of thiazole rings is 1. The lowest BCUT2D eigenvalue weighted by atomic mass is 10.2. The molecule has 1 aliphatic rings. The maximum absolute atomic E-state index is 4.63. The molecule has 3 heterocycles. The standard InChI is InChI=1S/C19H23N5S2/c1-20-18(21-11-16-13-24-9-10-25-19(24)22-16)23-8-7-15(12-23)14-26-17-5-3-2-4-6-17/h2-6,9-10,13,15H,7-8,11-12,14H2,1H3,(H,20,21). The number of nitrogens with one attached hydrogen (secondary N) is 1. The Morgan fingerprint density at radius 2 is 2.27 bits per heavy atom. The number of likely N-dealkylation sites (tertiary alicyclic amines) is 1. The Morgan fingerprint density at radius 1 is 1.38 bits per heavy atom. The molecule has 26 heavy (non-hydrogen) atoms. The van der Waals surface area contributed by atoms with Gasteiger partial charge in [-0.05, 0) is 24.5 Å². The van der Waals surface area contributed by atoms with Crippen LogP contribution >= 0.6 is 23.1 Å². The van der Waals surface area contributed by atoms with Crippen molar-refractivity contribution in [3.63, 3.8) is 0 Å². The molecule has 1 saturated heterocycles. The van der Waals surface area contributed by atoms with Gasteiger partial charge in [0.15, 0.2) is 10.9 Å². The number of hydrogen-bond acceptors (Lipinski definition) is 4. The zero-order chi connectivity index (χ0) is 17.8. The molecule has 4 rings (SSSR count). The van der Waals surface area contributed by atoms with Crippen molar-refractivity contribution < 1.29 is 0 Å². The molecule has 2 aromatic heterocycles. The minimum atomic E-state index is 0.705. The minimum Gasteiger partial charge on any atom is -0.351 e. The van der Waals surface area contributed by atoms with Gasteiger partial charge in [0.1, 0.15) is 0 Å². The van der Waals surface area contributed by atoms with E-state index in [2.05, 4.69) is 66.5 Å². The van der Waals surface area contributed by atoms with Crippen molar-refractivity contribution in [1.29, 1.82) is 0 Å². The SMILES string of the molecule is CN=C(NCc1cn2ccsc2n1)N1CCC(CSc2ccccc2)C1. The molecule has 1 unspecified atom stereocenters. The smallest absolute Gasteiger partial charge is 0.193 e. The topological polar surface area (TPSA) is 44.9 Å². The molecule has 1 fully saturated rings. The molecule has 0 amide bonds. The van der Waals surface area contributed by atoms with E-state index in [1.165, 1.54) is 11.3 Å². The highest BCUT2D eigenvalue weighted by Gasteiger charge is 2.25. The zero-order valence-electron chi connectivity index (χ0n) is 14.8. The summed E-state index contributed by atoms with van der Waals surface area (Å²) in [5, 5.41) is 5.52. The summed E-state index contributed by atoms with van der Waals surface area (Å²) in [6.45, 7) is 2.84. The van der Waals surface area contributed by atoms with Crippen molar-refractivity contribution in [2.75, 3.05) is 25.9 Å². The van der Waals surface area contributed by atoms with E-state index >= 15 is 0 Å². The fourth-order valence-electron chi connectivity index (χ4n) is 3.26. The van der Waals surface area contributed by atoms with Crippen molar-refractivity contribution >= 4 is 34.0 Å². The quantitative estimate of drug-likeness (QED) is 0.414. The van der Waals surface area contributed by atoms with E-state index in [-0.39, 0.29) is 0 Å². The highest BCUT2D eigenvalue weighted by Crippen LogP contribution is 2.25. The summed E-state index contributed by atoms with van der Waals surface area (Å²) < 4.78 is 2.07. The first-order valence-electron chi connectivity index (χ1n) is 8.86. The second kappa shape index (κ2) is 8.14. The van der Waals surface area contributed by atoms with E-state index in [0.717, 1.165) is 35.5 Å². The zero-order valence-corrected chi connectivity index (χ0v) is 16.5. The van der Waals surface area contributed by atoms with Gasteiger partial charge in [-0.2, -0.15) is 0 Å². The number of hydrogen-bond donors (Lipinski definition) is 1. The average Bonchev–Trinajstić information content (AvgIpc) is 3.38. The molecular formula is C19H23N5S2. The summed E-state index contributed by atoms with van der Waals surface area (Å²) >= 11 is 3.61.